The van der Waals surface area contributed by atoms with Crippen LogP contribution in [0.2, 0.25) is 0 Å². The van der Waals surface area contributed by atoms with Crippen LogP contribution in [0, 0.1) is 41.5 Å². The summed E-state index contributed by atoms with van der Waals surface area (Å²) in [6.45, 7) is 13.8. The summed E-state index contributed by atoms with van der Waals surface area (Å²) in [4.78, 5) is 12.8. The summed E-state index contributed by atoms with van der Waals surface area (Å²) in [6, 6.07) is 17.2. The van der Waals surface area contributed by atoms with Gasteiger partial charge in [0.1, 0.15) is 18.1 Å². The third-order valence-electron chi connectivity index (χ3n) is 6.42. The van der Waals surface area contributed by atoms with Crippen LogP contribution in [-0.2, 0) is 15.9 Å². The zero-order valence-electron chi connectivity index (χ0n) is 22.9. The van der Waals surface area contributed by atoms with E-state index >= 15 is 0 Å². The molecule has 0 fully saturated rings. The third-order valence-corrected chi connectivity index (χ3v) is 8.47. The number of carbonyl (C=O) groups excluding carboxylic acids is 1. The molecule has 1 amide bonds. The van der Waals surface area contributed by atoms with E-state index in [1.807, 2.05) is 103 Å². The Morgan fingerprint density at radius 3 is 1.84 bits per heavy atom. The third kappa shape index (κ3) is 7.39. The number of hydrogen-bond donors (Lipinski definition) is 1. The highest BCUT2D eigenvalue weighted by Crippen LogP contribution is 2.55. The van der Waals surface area contributed by atoms with E-state index in [2.05, 4.69) is 5.32 Å². The molecule has 0 saturated carbocycles. The van der Waals surface area contributed by atoms with Crippen molar-refractivity contribution in [2.24, 2.45) is 0 Å². The molecule has 0 aliphatic rings. The van der Waals surface area contributed by atoms with Gasteiger partial charge in [0, 0.05) is 0 Å². The molecule has 1 unspecified atom stereocenters. The van der Waals surface area contributed by atoms with Crippen molar-refractivity contribution in [3.63, 3.8) is 0 Å². The van der Waals surface area contributed by atoms with Gasteiger partial charge in [0.15, 0.2) is 5.78 Å². The number of aryl methyl sites for hydroxylation is 4. The lowest BCUT2D eigenvalue weighted by Gasteiger charge is -2.29. The van der Waals surface area contributed by atoms with Crippen LogP contribution in [0.4, 0.5) is 4.79 Å². The van der Waals surface area contributed by atoms with Crippen LogP contribution < -0.4 is 14.4 Å². The largest absolute Gasteiger partial charge is 0.453 e. The maximum absolute atomic E-state index is 14.7. The summed E-state index contributed by atoms with van der Waals surface area (Å²) in [6.07, 6.45) is 0.354. The molecule has 0 spiro atoms. The lowest BCUT2D eigenvalue weighted by Crippen LogP contribution is -2.37. The van der Waals surface area contributed by atoms with E-state index in [0.29, 0.717) is 24.3 Å². The topological polar surface area (TPSA) is 73.9 Å². The molecule has 3 rings (SSSR count). The maximum Gasteiger partial charge on any atom is 0.453 e. The van der Waals surface area contributed by atoms with Crippen LogP contribution >= 0.6 is 7.60 Å². The number of ether oxygens (including phenoxy) is 1. The van der Waals surface area contributed by atoms with Gasteiger partial charge < -0.3 is 19.1 Å². The van der Waals surface area contributed by atoms with Gasteiger partial charge >= 0.3 is 13.7 Å². The highest BCUT2D eigenvalue weighted by molar-refractivity contribution is 7.55. The van der Waals surface area contributed by atoms with Crippen molar-refractivity contribution in [2.45, 2.75) is 73.7 Å². The fourth-order valence-corrected chi connectivity index (χ4v) is 6.15. The Hall–Kier alpha value is -3.24. The van der Waals surface area contributed by atoms with Crippen LogP contribution in [0.25, 0.3) is 0 Å². The van der Waals surface area contributed by atoms with Crippen LogP contribution in [0.1, 0.15) is 58.7 Å². The van der Waals surface area contributed by atoms with Gasteiger partial charge in [-0.2, -0.15) is 0 Å². The van der Waals surface area contributed by atoms with Crippen LogP contribution in [-0.4, -0.2) is 11.9 Å². The molecule has 0 aromatic heterocycles. The summed E-state index contributed by atoms with van der Waals surface area (Å²) in [7, 11) is -3.98. The number of alkyl carbamates (subject to hydrolysis) is 1. The minimum Gasteiger partial charge on any atom is -0.445 e. The molecule has 198 valence electrons. The summed E-state index contributed by atoms with van der Waals surface area (Å²) in [5.41, 5.74) is 6.60. The first-order valence-electron chi connectivity index (χ1n) is 12.6. The first-order valence-corrected chi connectivity index (χ1v) is 14.3. The van der Waals surface area contributed by atoms with E-state index in [1.54, 1.807) is 0 Å². The number of amides is 1. The quantitative estimate of drug-likeness (QED) is 0.271. The highest BCUT2D eigenvalue weighted by Gasteiger charge is 2.41. The monoisotopic (exact) mass is 523 g/mol. The fraction of sp³-hybridized carbons (Fsp3) is 0.367. The maximum atomic E-state index is 14.7. The molecular formula is C30H38NO5P. The molecule has 0 aliphatic carbocycles. The number of carbonyl (C=O) groups is 1. The van der Waals surface area contributed by atoms with E-state index in [-0.39, 0.29) is 6.61 Å². The van der Waals surface area contributed by atoms with E-state index < -0.39 is 19.5 Å². The zero-order valence-corrected chi connectivity index (χ0v) is 23.8. The van der Waals surface area contributed by atoms with Gasteiger partial charge in [-0.25, -0.2) is 9.36 Å². The van der Waals surface area contributed by atoms with Crippen LogP contribution in [0.15, 0.2) is 54.6 Å². The van der Waals surface area contributed by atoms with Gasteiger partial charge in [-0.1, -0.05) is 55.8 Å². The average Bonchev–Trinajstić information content (AvgIpc) is 2.84. The molecule has 7 heteroatoms. The minimum atomic E-state index is -3.98. The Balaban J connectivity index is 1.97. The Labute approximate surface area is 220 Å². The molecular weight excluding hydrogens is 485 g/mol. The first kappa shape index (κ1) is 28.3. The van der Waals surface area contributed by atoms with Crippen molar-refractivity contribution in [1.82, 2.24) is 5.32 Å². The van der Waals surface area contributed by atoms with Gasteiger partial charge in [0.25, 0.3) is 0 Å². The molecule has 6 nitrogen and oxygen atoms in total. The van der Waals surface area contributed by atoms with E-state index in [9.17, 15) is 9.36 Å². The smallest absolute Gasteiger partial charge is 0.445 e. The molecule has 1 N–H and O–H groups in total. The summed E-state index contributed by atoms with van der Waals surface area (Å²) in [5.74, 6) is 0.0352. The second-order valence-corrected chi connectivity index (χ2v) is 11.7. The van der Waals surface area contributed by atoms with Gasteiger partial charge in [-0.3, -0.25) is 0 Å². The SMILES string of the molecule is CCCC(NC(=O)OCc1ccccc1)P(=O)(Oc1cc(C)cc(C)c1C)Oc1cc(C)cc(C)c1C. The van der Waals surface area contributed by atoms with Crippen molar-refractivity contribution in [3.05, 3.63) is 93.5 Å². The van der Waals surface area contributed by atoms with Crippen molar-refractivity contribution >= 4 is 13.7 Å². The molecule has 0 saturated heterocycles. The van der Waals surface area contributed by atoms with Gasteiger partial charge in [0.2, 0.25) is 0 Å². The second kappa shape index (κ2) is 12.3. The van der Waals surface area contributed by atoms with E-state index in [1.165, 1.54) is 0 Å². The van der Waals surface area contributed by atoms with Gasteiger partial charge in [0.05, 0.1) is 0 Å². The molecule has 3 aromatic carbocycles. The Morgan fingerprint density at radius 1 is 0.838 bits per heavy atom. The Morgan fingerprint density at radius 2 is 1.35 bits per heavy atom. The van der Waals surface area contributed by atoms with Crippen molar-refractivity contribution in [3.8, 4) is 11.5 Å². The minimum absolute atomic E-state index is 0.101. The predicted molar refractivity (Wildman–Crippen MR) is 149 cm³/mol. The fourth-order valence-electron chi connectivity index (χ4n) is 4.09. The van der Waals surface area contributed by atoms with E-state index in [0.717, 1.165) is 38.9 Å². The average molecular weight is 524 g/mol. The predicted octanol–water partition coefficient (Wildman–Crippen LogP) is 8.24. The number of rotatable bonds is 10. The molecule has 0 bridgehead atoms. The molecule has 3 aromatic rings. The normalized spacial score (nSPS) is 12.1. The van der Waals surface area contributed by atoms with Crippen molar-refractivity contribution in [2.75, 3.05) is 0 Å². The summed E-state index contributed by atoms with van der Waals surface area (Å²) < 4.78 is 32.7. The molecule has 1 atom stereocenters. The summed E-state index contributed by atoms with van der Waals surface area (Å²) >= 11 is 0. The van der Waals surface area contributed by atoms with Crippen LogP contribution in [0.5, 0.6) is 11.5 Å². The standard InChI is InChI=1S/C30H38NO5P/c1-8-12-29(31-30(32)34-19-26-13-10-9-11-14-26)37(33,35-27-17-20(2)15-22(4)24(27)6)36-28-18-21(3)16-23(5)25(28)7/h9-11,13-18,29H,8,12,19H2,1-7H3,(H,31,32). The number of benzene rings is 3. The Bertz CT molecular complexity index is 1230. The lowest BCUT2D eigenvalue weighted by atomic mass is 10.1. The van der Waals surface area contributed by atoms with Crippen molar-refractivity contribution < 1.29 is 23.1 Å². The molecule has 0 heterocycles. The van der Waals surface area contributed by atoms with Gasteiger partial charge in [-0.05, 0) is 99.0 Å². The summed E-state index contributed by atoms with van der Waals surface area (Å²) in [5, 5.41) is 2.79. The molecule has 37 heavy (non-hydrogen) atoms. The number of hydrogen-bond acceptors (Lipinski definition) is 5. The van der Waals surface area contributed by atoms with E-state index in [4.69, 9.17) is 13.8 Å². The second-order valence-electron chi connectivity index (χ2n) is 9.64. The highest BCUT2D eigenvalue weighted by atomic mass is 31.2. The van der Waals surface area contributed by atoms with Crippen LogP contribution in [0.3, 0.4) is 0 Å². The molecule has 0 radical (unpaired) electrons. The zero-order chi connectivity index (χ0) is 27.2. The van der Waals surface area contributed by atoms with Crippen molar-refractivity contribution in [1.29, 1.82) is 0 Å². The Kier molecular flexibility index (Phi) is 9.45. The van der Waals surface area contributed by atoms with Gasteiger partial charge in [-0.15, -0.1) is 0 Å². The molecule has 0 aliphatic heterocycles. The first-order chi connectivity index (χ1) is 17.5. The lowest BCUT2D eigenvalue weighted by molar-refractivity contribution is 0.137. The number of nitrogens with one attached hydrogen (secondary N) is 1.